The van der Waals surface area contributed by atoms with Gasteiger partial charge >= 0.3 is 0 Å². The Bertz CT molecular complexity index is 491. The minimum Gasteiger partial charge on any atom is -0.326 e. The van der Waals surface area contributed by atoms with E-state index in [1.807, 2.05) is 7.05 Å². The normalized spacial score (nSPS) is 19.0. The molecule has 0 radical (unpaired) electrons. The molecule has 0 bridgehead atoms. The summed E-state index contributed by atoms with van der Waals surface area (Å²) in [6.07, 6.45) is 0. The molecule has 0 aliphatic carbocycles. The van der Waals surface area contributed by atoms with Gasteiger partial charge < -0.3 is 10.6 Å². The first-order chi connectivity index (χ1) is 8.54. The van der Waals surface area contributed by atoms with E-state index in [2.05, 4.69) is 4.90 Å². The van der Waals surface area contributed by atoms with Crippen LogP contribution in [0.15, 0.2) is 29.2 Å². The monoisotopic (exact) mass is 269 g/mol. The average molecular weight is 269 g/mol. The van der Waals surface area contributed by atoms with E-state index in [1.54, 1.807) is 28.6 Å². The van der Waals surface area contributed by atoms with Gasteiger partial charge in [0.15, 0.2) is 0 Å². The largest absolute Gasteiger partial charge is 0.326 e. The van der Waals surface area contributed by atoms with Crippen LogP contribution in [0.3, 0.4) is 0 Å². The zero-order valence-electron chi connectivity index (χ0n) is 10.5. The van der Waals surface area contributed by atoms with Gasteiger partial charge in [-0.2, -0.15) is 4.31 Å². The van der Waals surface area contributed by atoms with Crippen LogP contribution >= 0.6 is 0 Å². The van der Waals surface area contributed by atoms with Crippen LogP contribution in [0, 0.1) is 0 Å². The quantitative estimate of drug-likeness (QED) is 0.844. The van der Waals surface area contributed by atoms with Crippen molar-refractivity contribution in [3.63, 3.8) is 0 Å². The molecule has 1 aromatic carbocycles. The molecule has 1 aliphatic rings. The van der Waals surface area contributed by atoms with Crippen LogP contribution < -0.4 is 5.73 Å². The Kier molecular flexibility index (Phi) is 4.01. The highest BCUT2D eigenvalue weighted by Gasteiger charge is 2.27. The molecule has 5 nitrogen and oxygen atoms in total. The molecule has 0 amide bonds. The summed E-state index contributed by atoms with van der Waals surface area (Å²) in [5.41, 5.74) is 6.44. The summed E-state index contributed by atoms with van der Waals surface area (Å²) < 4.78 is 26.3. The fourth-order valence-corrected chi connectivity index (χ4v) is 3.40. The molecule has 100 valence electrons. The second kappa shape index (κ2) is 5.36. The number of hydrogen-bond acceptors (Lipinski definition) is 4. The Hall–Kier alpha value is -0.950. The lowest BCUT2D eigenvalue weighted by molar-refractivity contribution is 0.222. The molecule has 1 heterocycles. The minimum atomic E-state index is -3.34. The number of hydrogen-bond donors (Lipinski definition) is 1. The van der Waals surface area contributed by atoms with Crippen molar-refractivity contribution < 1.29 is 8.42 Å². The smallest absolute Gasteiger partial charge is 0.243 e. The van der Waals surface area contributed by atoms with Crippen molar-refractivity contribution in [3.05, 3.63) is 29.8 Å². The van der Waals surface area contributed by atoms with Crippen molar-refractivity contribution in [1.82, 2.24) is 9.21 Å². The number of sulfonamides is 1. The van der Waals surface area contributed by atoms with E-state index in [0.717, 1.165) is 18.7 Å². The van der Waals surface area contributed by atoms with Crippen molar-refractivity contribution in [2.45, 2.75) is 11.4 Å². The van der Waals surface area contributed by atoms with Gasteiger partial charge in [-0.05, 0) is 24.7 Å². The molecule has 1 aliphatic heterocycles. The summed E-state index contributed by atoms with van der Waals surface area (Å²) in [5, 5.41) is 0. The van der Waals surface area contributed by atoms with Crippen LogP contribution in [0.5, 0.6) is 0 Å². The third kappa shape index (κ3) is 2.72. The molecule has 2 rings (SSSR count). The molecule has 2 N–H and O–H groups in total. The van der Waals surface area contributed by atoms with E-state index >= 15 is 0 Å². The van der Waals surface area contributed by atoms with Crippen LogP contribution in [0.4, 0.5) is 0 Å². The van der Waals surface area contributed by atoms with Gasteiger partial charge in [0.05, 0.1) is 4.90 Å². The van der Waals surface area contributed by atoms with Crippen LogP contribution in [0.1, 0.15) is 5.56 Å². The molecule has 0 unspecified atom stereocenters. The molecule has 0 aromatic heterocycles. The number of benzene rings is 1. The van der Waals surface area contributed by atoms with Gasteiger partial charge in [0.2, 0.25) is 10.0 Å². The second-order valence-corrected chi connectivity index (χ2v) is 6.49. The number of piperazine rings is 1. The molecule has 0 spiro atoms. The van der Waals surface area contributed by atoms with Gasteiger partial charge in [-0.1, -0.05) is 12.1 Å². The zero-order valence-corrected chi connectivity index (χ0v) is 11.4. The van der Waals surface area contributed by atoms with Crippen LogP contribution in [0.25, 0.3) is 0 Å². The third-order valence-corrected chi connectivity index (χ3v) is 5.17. The number of rotatable bonds is 3. The number of nitrogens with zero attached hydrogens (tertiary/aromatic N) is 2. The van der Waals surface area contributed by atoms with Crippen molar-refractivity contribution in [2.24, 2.45) is 5.73 Å². The van der Waals surface area contributed by atoms with Gasteiger partial charge in [0.25, 0.3) is 0 Å². The standard InChI is InChI=1S/C12H19N3O2S/c1-14-6-8-15(9-7-14)18(16,17)12-4-2-11(10-13)3-5-12/h2-5H,6-10,13H2,1H3. The van der Waals surface area contributed by atoms with Crippen LogP contribution in [0.2, 0.25) is 0 Å². The van der Waals surface area contributed by atoms with Gasteiger partial charge in [-0.3, -0.25) is 0 Å². The number of likely N-dealkylation sites (N-methyl/N-ethyl adjacent to an activating group) is 1. The highest BCUT2D eigenvalue weighted by molar-refractivity contribution is 7.89. The molecule has 18 heavy (non-hydrogen) atoms. The molecular formula is C12H19N3O2S. The first-order valence-corrected chi connectivity index (χ1v) is 7.46. The summed E-state index contributed by atoms with van der Waals surface area (Å²) in [6.45, 7) is 3.09. The predicted octanol–water partition coefficient (Wildman–Crippen LogP) is 0.0814. The number of nitrogens with two attached hydrogens (primary N) is 1. The minimum absolute atomic E-state index is 0.351. The Labute approximate surface area is 108 Å². The van der Waals surface area contributed by atoms with Gasteiger partial charge in [0.1, 0.15) is 0 Å². The van der Waals surface area contributed by atoms with Gasteiger partial charge in [-0.15, -0.1) is 0 Å². The maximum Gasteiger partial charge on any atom is 0.243 e. The highest BCUT2D eigenvalue weighted by Crippen LogP contribution is 2.17. The highest BCUT2D eigenvalue weighted by atomic mass is 32.2. The fraction of sp³-hybridized carbons (Fsp3) is 0.500. The molecule has 0 saturated carbocycles. The van der Waals surface area contributed by atoms with E-state index in [0.29, 0.717) is 24.5 Å². The van der Waals surface area contributed by atoms with E-state index in [9.17, 15) is 8.42 Å². The predicted molar refractivity (Wildman–Crippen MR) is 70.6 cm³/mol. The molecule has 1 saturated heterocycles. The second-order valence-electron chi connectivity index (χ2n) is 4.56. The van der Waals surface area contributed by atoms with E-state index in [4.69, 9.17) is 5.73 Å². The molecule has 1 fully saturated rings. The summed E-state index contributed by atoms with van der Waals surface area (Å²) in [5.74, 6) is 0. The maximum absolute atomic E-state index is 12.4. The summed E-state index contributed by atoms with van der Waals surface area (Å²) >= 11 is 0. The first kappa shape index (κ1) is 13.5. The lowest BCUT2D eigenvalue weighted by atomic mass is 10.2. The third-order valence-electron chi connectivity index (χ3n) is 3.26. The Morgan fingerprint density at radius 3 is 2.17 bits per heavy atom. The fourth-order valence-electron chi connectivity index (χ4n) is 1.98. The molecule has 1 aromatic rings. The van der Waals surface area contributed by atoms with E-state index < -0.39 is 10.0 Å². The Morgan fingerprint density at radius 1 is 1.11 bits per heavy atom. The summed E-state index contributed by atoms with van der Waals surface area (Å²) in [4.78, 5) is 2.48. The van der Waals surface area contributed by atoms with E-state index in [1.165, 1.54) is 0 Å². The first-order valence-electron chi connectivity index (χ1n) is 6.02. The average Bonchev–Trinajstić information content (AvgIpc) is 2.39. The molecular weight excluding hydrogens is 250 g/mol. The summed E-state index contributed by atoms with van der Waals surface area (Å²) in [7, 11) is -1.34. The van der Waals surface area contributed by atoms with Crippen molar-refractivity contribution in [2.75, 3.05) is 33.2 Å². The Balaban J connectivity index is 2.19. The zero-order chi connectivity index (χ0) is 13.2. The molecule has 0 atom stereocenters. The topological polar surface area (TPSA) is 66.6 Å². The van der Waals surface area contributed by atoms with Gasteiger partial charge in [-0.25, -0.2) is 8.42 Å². The van der Waals surface area contributed by atoms with E-state index in [-0.39, 0.29) is 0 Å². The van der Waals surface area contributed by atoms with Crippen molar-refractivity contribution in [1.29, 1.82) is 0 Å². The molecule has 6 heteroatoms. The van der Waals surface area contributed by atoms with Gasteiger partial charge in [0, 0.05) is 32.7 Å². The van der Waals surface area contributed by atoms with Crippen molar-refractivity contribution >= 4 is 10.0 Å². The van der Waals surface area contributed by atoms with Crippen LogP contribution in [-0.2, 0) is 16.6 Å². The maximum atomic E-state index is 12.4. The summed E-state index contributed by atoms with van der Waals surface area (Å²) in [6, 6.07) is 6.80. The van der Waals surface area contributed by atoms with Crippen LogP contribution in [-0.4, -0.2) is 50.8 Å². The lowest BCUT2D eigenvalue weighted by Crippen LogP contribution is -2.46. The lowest BCUT2D eigenvalue weighted by Gasteiger charge is -2.31. The SMILES string of the molecule is CN1CCN(S(=O)(=O)c2ccc(CN)cc2)CC1. The van der Waals surface area contributed by atoms with Crippen molar-refractivity contribution in [3.8, 4) is 0 Å². The Morgan fingerprint density at radius 2 is 1.67 bits per heavy atom.